The van der Waals surface area contributed by atoms with Crippen molar-refractivity contribution in [3.63, 3.8) is 0 Å². The van der Waals surface area contributed by atoms with E-state index in [1.54, 1.807) is 13.0 Å². The average molecular weight is 375 g/mol. The average Bonchev–Trinajstić information content (AvgIpc) is 2.51. The monoisotopic (exact) mass is 374 g/mol. The van der Waals surface area contributed by atoms with E-state index in [2.05, 4.69) is 15.9 Å². The second kappa shape index (κ2) is 6.62. The third kappa shape index (κ3) is 3.07. The first-order valence-corrected chi connectivity index (χ1v) is 7.50. The molecule has 2 rings (SSSR count). The zero-order valence-corrected chi connectivity index (χ0v) is 13.5. The molecule has 0 aromatic heterocycles. The number of hydrogen-bond acceptors (Lipinski definition) is 3. The second-order valence-electron chi connectivity index (χ2n) is 5.10. The number of carboxylic acid groups (broad SMARTS) is 1. The molecule has 0 radical (unpaired) electrons. The Morgan fingerprint density at radius 2 is 2.09 bits per heavy atom. The van der Waals surface area contributed by atoms with Gasteiger partial charge in [0, 0.05) is 24.1 Å². The number of piperazine rings is 1. The molecule has 1 aliphatic rings. The lowest BCUT2D eigenvalue weighted by Crippen LogP contribution is -2.57. The van der Waals surface area contributed by atoms with Gasteiger partial charge in [-0.3, -0.25) is 4.79 Å². The van der Waals surface area contributed by atoms with E-state index < -0.39 is 23.9 Å². The summed E-state index contributed by atoms with van der Waals surface area (Å²) in [6.07, 6.45) is -1.10. The smallest absolute Gasteiger partial charge is 0.407 e. The molecule has 0 saturated carbocycles. The van der Waals surface area contributed by atoms with E-state index in [9.17, 15) is 19.1 Å². The van der Waals surface area contributed by atoms with Crippen molar-refractivity contribution >= 4 is 27.9 Å². The van der Waals surface area contributed by atoms with Crippen molar-refractivity contribution in [1.29, 1.82) is 0 Å². The molecular formula is C14H16BrFN2O4. The lowest BCUT2D eigenvalue weighted by Gasteiger charge is -2.39. The number of hydrogen-bond donors (Lipinski definition) is 2. The van der Waals surface area contributed by atoms with Gasteiger partial charge < -0.3 is 20.0 Å². The zero-order valence-electron chi connectivity index (χ0n) is 11.9. The molecule has 1 atom stereocenters. The van der Waals surface area contributed by atoms with Crippen LogP contribution >= 0.6 is 15.9 Å². The van der Waals surface area contributed by atoms with Crippen LogP contribution in [0.25, 0.3) is 0 Å². The van der Waals surface area contributed by atoms with Gasteiger partial charge in [-0.25, -0.2) is 9.18 Å². The molecule has 6 nitrogen and oxygen atoms in total. The predicted molar refractivity (Wildman–Crippen MR) is 80.3 cm³/mol. The number of aliphatic hydroxyl groups is 1. The highest BCUT2D eigenvalue weighted by molar-refractivity contribution is 9.10. The molecule has 1 unspecified atom stereocenters. The van der Waals surface area contributed by atoms with Crippen molar-refractivity contribution < 1.29 is 24.2 Å². The van der Waals surface area contributed by atoms with Crippen LogP contribution in [0.1, 0.15) is 15.9 Å². The highest BCUT2D eigenvalue weighted by Gasteiger charge is 2.33. The number of amides is 2. The molecule has 1 saturated heterocycles. The van der Waals surface area contributed by atoms with Crippen molar-refractivity contribution in [2.75, 3.05) is 26.2 Å². The third-order valence-corrected chi connectivity index (χ3v) is 4.63. The van der Waals surface area contributed by atoms with Crippen LogP contribution < -0.4 is 0 Å². The fraction of sp³-hybridized carbons (Fsp3) is 0.429. The number of nitrogens with zero attached hydrogens (tertiary/aromatic N) is 2. The SMILES string of the molecule is Cc1c(Br)ccc(C(=O)N2CCN(C(=O)O)CC2CO)c1F. The molecule has 1 aromatic carbocycles. The minimum atomic E-state index is -1.10. The van der Waals surface area contributed by atoms with Gasteiger partial charge >= 0.3 is 6.09 Å². The van der Waals surface area contributed by atoms with Gasteiger partial charge in [0.05, 0.1) is 18.2 Å². The van der Waals surface area contributed by atoms with Gasteiger partial charge in [0.1, 0.15) is 5.82 Å². The molecule has 1 aromatic rings. The summed E-state index contributed by atoms with van der Waals surface area (Å²) in [5, 5.41) is 18.4. The maximum atomic E-state index is 14.3. The first kappa shape index (κ1) is 16.7. The van der Waals surface area contributed by atoms with Crippen molar-refractivity contribution in [2.45, 2.75) is 13.0 Å². The van der Waals surface area contributed by atoms with Crippen molar-refractivity contribution in [2.24, 2.45) is 0 Å². The summed E-state index contributed by atoms with van der Waals surface area (Å²) >= 11 is 3.20. The van der Waals surface area contributed by atoms with Gasteiger partial charge in [0.2, 0.25) is 0 Å². The fourth-order valence-electron chi connectivity index (χ4n) is 2.43. The first-order chi connectivity index (χ1) is 10.4. The van der Waals surface area contributed by atoms with E-state index in [4.69, 9.17) is 5.11 Å². The molecule has 0 spiro atoms. The summed E-state index contributed by atoms with van der Waals surface area (Å²) < 4.78 is 14.8. The Bertz CT molecular complexity index is 611. The number of carbonyl (C=O) groups is 2. The largest absolute Gasteiger partial charge is 0.465 e. The molecule has 1 aliphatic heterocycles. The Labute approximate surface area is 135 Å². The first-order valence-electron chi connectivity index (χ1n) is 6.71. The summed E-state index contributed by atoms with van der Waals surface area (Å²) in [6.45, 7) is 1.43. The quantitative estimate of drug-likeness (QED) is 0.825. The van der Waals surface area contributed by atoms with Crippen LogP contribution in [-0.4, -0.2) is 64.3 Å². The van der Waals surface area contributed by atoms with Gasteiger partial charge in [-0.15, -0.1) is 0 Å². The van der Waals surface area contributed by atoms with Crippen LogP contribution in [0.5, 0.6) is 0 Å². The van der Waals surface area contributed by atoms with Crippen molar-refractivity contribution in [3.8, 4) is 0 Å². The highest BCUT2D eigenvalue weighted by Crippen LogP contribution is 2.24. The van der Waals surface area contributed by atoms with E-state index in [0.717, 1.165) is 4.90 Å². The second-order valence-corrected chi connectivity index (χ2v) is 5.95. The molecule has 0 bridgehead atoms. The minimum absolute atomic E-state index is 0.00863. The summed E-state index contributed by atoms with van der Waals surface area (Å²) in [5.41, 5.74) is 0.249. The van der Waals surface area contributed by atoms with E-state index in [1.165, 1.54) is 11.0 Å². The Hall–Kier alpha value is -1.67. The van der Waals surface area contributed by atoms with Crippen LogP contribution in [0.15, 0.2) is 16.6 Å². The summed E-state index contributed by atoms with van der Waals surface area (Å²) in [7, 11) is 0. The molecule has 1 heterocycles. The number of benzene rings is 1. The number of carbonyl (C=O) groups excluding carboxylic acids is 1. The zero-order chi connectivity index (χ0) is 16.4. The number of rotatable bonds is 2. The minimum Gasteiger partial charge on any atom is -0.465 e. The van der Waals surface area contributed by atoms with Gasteiger partial charge in [-0.05, 0) is 24.6 Å². The van der Waals surface area contributed by atoms with E-state index in [1.807, 2.05) is 0 Å². The Morgan fingerprint density at radius 1 is 1.41 bits per heavy atom. The number of halogens is 2. The molecule has 22 heavy (non-hydrogen) atoms. The third-order valence-electron chi connectivity index (χ3n) is 3.78. The Morgan fingerprint density at radius 3 is 2.68 bits per heavy atom. The van der Waals surface area contributed by atoms with Crippen LogP contribution in [0.2, 0.25) is 0 Å². The van der Waals surface area contributed by atoms with Crippen LogP contribution in [0.3, 0.4) is 0 Å². The molecular weight excluding hydrogens is 359 g/mol. The van der Waals surface area contributed by atoms with E-state index >= 15 is 0 Å². The lowest BCUT2D eigenvalue weighted by atomic mass is 10.1. The summed E-state index contributed by atoms with van der Waals surface area (Å²) in [4.78, 5) is 26.0. The summed E-state index contributed by atoms with van der Waals surface area (Å²) in [6, 6.07) is 2.29. The van der Waals surface area contributed by atoms with Crippen molar-refractivity contribution in [3.05, 3.63) is 33.5 Å². The van der Waals surface area contributed by atoms with Gasteiger partial charge in [-0.2, -0.15) is 0 Å². The molecule has 1 fully saturated rings. The van der Waals surface area contributed by atoms with Crippen LogP contribution in [0, 0.1) is 12.7 Å². The Kier molecular flexibility index (Phi) is 5.02. The topological polar surface area (TPSA) is 81.1 Å². The molecule has 8 heteroatoms. The highest BCUT2D eigenvalue weighted by atomic mass is 79.9. The van der Waals surface area contributed by atoms with Crippen LogP contribution in [0.4, 0.5) is 9.18 Å². The van der Waals surface area contributed by atoms with Crippen molar-refractivity contribution in [1.82, 2.24) is 9.80 Å². The summed E-state index contributed by atoms with van der Waals surface area (Å²) in [5.74, 6) is -1.16. The molecule has 2 amide bonds. The number of aliphatic hydroxyl groups excluding tert-OH is 1. The van der Waals surface area contributed by atoms with E-state index in [-0.39, 0.29) is 31.8 Å². The lowest BCUT2D eigenvalue weighted by molar-refractivity contribution is 0.0306. The molecule has 2 N–H and O–H groups in total. The van der Waals surface area contributed by atoms with Gasteiger partial charge in [0.25, 0.3) is 5.91 Å². The Balaban J connectivity index is 2.26. The molecule has 120 valence electrons. The van der Waals surface area contributed by atoms with Gasteiger partial charge in [-0.1, -0.05) is 15.9 Å². The van der Waals surface area contributed by atoms with E-state index in [0.29, 0.717) is 10.0 Å². The van der Waals surface area contributed by atoms with Gasteiger partial charge in [0.15, 0.2) is 0 Å². The maximum absolute atomic E-state index is 14.3. The normalized spacial score (nSPS) is 18.5. The fourth-order valence-corrected chi connectivity index (χ4v) is 2.74. The standard InChI is InChI=1S/C14H16BrFN2O4/c1-8-11(15)3-2-10(12(8)16)13(20)18-5-4-17(14(21)22)6-9(18)7-19/h2-3,9,19H,4-7H2,1H3,(H,21,22). The maximum Gasteiger partial charge on any atom is 0.407 e. The van der Waals surface area contributed by atoms with Crippen LogP contribution in [-0.2, 0) is 0 Å². The predicted octanol–water partition coefficient (Wildman–Crippen LogP) is 1.69. The molecule has 0 aliphatic carbocycles.